The fourth-order valence-corrected chi connectivity index (χ4v) is 3.53. The van der Waals surface area contributed by atoms with E-state index in [1.807, 2.05) is 0 Å². The molecule has 0 aromatic heterocycles. The molecule has 0 unspecified atom stereocenters. The lowest BCUT2D eigenvalue weighted by Crippen LogP contribution is -2.43. The first-order chi connectivity index (χ1) is 10.3. The van der Waals surface area contributed by atoms with Crippen LogP contribution in [-0.2, 0) is 12.1 Å². The molecule has 110 valence electrons. The molecule has 0 spiro atoms. The molecular formula is C20H25N. The summed E-state index contributed by atoms with van der Waals surface area (Å²) in [6, 6.07) is 19.8. The Morgan fingerprint density at radius 2 is 1.67 bits per heavy atom. The van der Waals surface area contributed by atoms with E-state index in [0.29, 0.717) is 0 Å². The van der Waals surface area contributed by atoms with Gasteiger partial charge in [-0.05, 0) is 30.9 Å². The first-order valence-corrected chi connectivity index (χ1v) is 8.15. The van der Waals surface area contributed by atoms with Gasteiger partial charge in [-0.2, -0.15) is 0 Å². The van der Waals surface area contributed by atoms with E-state index in [-0.39, 0.29) is 5.54 Å². The predicted molar refractivity (Wildman–Crippen MR) is 89.2 cm³/mol. The third kappa shape index (κ3) is 3.36. The van der Waals surface area contributed by atoms with Crippen LogP contribution in [0.3, 0.4) is 0 Å². The summed E-state index contributed by atoms with van der Waals surface area (Å²) in [5.41, 5.74) is 4.37. The molecule has 0 amide bonds. The van der Waals surface area contributed by atoms with Gasteiger partial charge in [0.25, 0.3) is 0 Å². The lowest BCUT2D eigenvalue weighted by Gasteiger charge is -2.39. The van der Waals surface area contributed by atoms with Crippen molar-refractivity contribution >= 4 is 0 Å². The molecule has 2 aromatic carbocycles. The second-order valence-electron chi connectivity index (χ2n) is 6.35. The van der Waals surface area contributed by atoms with E-state index in [1.54, 1.807) is 0 Å². The van der Waals surface area contributed by atoms with Crippen LogP contribution in [0.15, 0.2) is 54.6 Å². The Morgan fingerprint density at radius 3 is 2.38 bits per heavy atom. The number of hydrogen-bond acceptors (Lipinski definition) is 1. The van der Waals surface area contributed by atoms with E-state index < -0.39 is 0 Å². The maximum absolute atomic E-state index is 3.89. The van der Waals surface area contributed by atoms with E-state index in [4.69, 9.17) is 0 Å². The van der Waals surface area contributed by atoms with Crippen LogP contribution in [0.4, 0.5) is 0 Å². The highest BCUT2D eigenvalue weighted by Crippen LogP contribution is 2.37. The summed E-state index contributed by atoms with van der Waals surface area (Å²) < 4.78 is 0. The quantitative estimate of drug-likeness (QED) is 0.835. The van der Waals surface area contributed by atoms with Crippen LogP contribution in [0.1, 0.15) is 48.8 Å². The molecule has 2 aromatic rings. The molecule has 0 saturated heterocycles. The first kappa shape index (κ1) is 14.3. The van der Waals surface area contributed by atoms with E-state index in [9.17, 15) is 0 Å². The van der Waals surface area contributed by atoms with Gasteiger partial charge in [-0.15, -0.1) is 0 Å². The Labute approximate surface area is 128 Å². The lowest BCUT2D eigenvalue weighted by atomic mass is 9.76. The van der Waals surface area contributed by atoms with Gasteiger partial charge in [0.05, 0.1) is 0 Å². The van der Waals surface area contributed by atoms with Gasteiger partial charge in [0.15, 0.2) is 0 Å². The molecule has 1 nitrogen and oxygen atoms in total. The first-order valence-electron chi connectivity index (χ1n) is 8.15. The van der Waals surface area contributed by atoms with Crippen molar-refractivity contribution < 1.29 is 0 Å². The summed E-state index contributed by atoms with van der Waals surface area (Å²) in [5, 5.41) is 3.89. The molecule has 1 heteroatoms. The number of nitrogens with one attached hydrogen (secondary N) is 1. The van der Waals surface area contributed by atoms with Crippen LogP contribution in [0.5, 0.6) is 0 Å². The van der Waals surface area contributed by atoms with Crippen molar-refractivity contribution in [1.82, 2.24) is 5.32 Å². The maximum atomic E-state index is 3.89. The summed E-state index contributed by atoms with van der Waals surface area (Å²) in [7, 11) is 0. The van der Waals surface area contributed by atoms with Crippen LogP contribution in [0, 0.1) is 6.92 Å². The Kier molecular flexibility index (Phi) is 4.40. The second-order valence-corrected chi connectivity index (χ2v) is 6.35. The molecule has 0 aliphatic heterocycles. The number of hydrogen-bond donors (Lipinski definition) is 1. The molecule has 1 aliphatic rings. The SMILES string of the molecule is Cc1cccc(C2(NCc3ccccc3)CCCCC2)c1. The molecule has 3 rings (SSSR count). The third-order valence-electron chi connectivity index (χ3n) is 4.75. The molecule has 0 bridgehead atoms. The molecule has 1 saturated carbocycles. The van der Waals surface area contributed by atoms with Gasteiger partial charge in [0.1, 0.15) is 0 Å². The fourth-order valence-electron chi connectivity index (χ4n) is 3.53. The largest absolute Gasteiger partial charge is 0.303 e. The van der Waals surface area contributed by atoms with Crippen molar-refractivity contribution in [3.63, 3.8) is 0 Å². The Bertz CT molecular complexity index is 567. The maximum Gasteiger partial charge on any atom is 0.0437 e. The third-order valence-corrected chi connectivity index (χ3v) is 4.75. The minimum absolute atomic E-state index is 0.167. The Morgan fingerprint density at radius 1 is 0.905 bits per heavy atom. The highest BCUT2D eigenvalue weighted by molar-refractivity contribution is 5.30. The zero-order valence-electron chi connectivity index (χ0n) is 12.9. The van der Waals surface area contributed by atoms with Crippen molar-refractivity contribution in [2.45, 2.75) is 51.1 Å². The van der Waals surface area contributed by atoms with Crippen molar-refractivity contribution in [3.05, 3.63) is 71.3 Å². The average molecular weight is 279 g/mol. The minimum atomic E-state index is 0.167. The fraction of sp³-hybridized carbons (Fsp3) is 0.400. The predicted octanol–water partition coefficient (Wildman–Crippen LogP) is 4.94. The van der Waals surface area contributed by atoms with Gasteiger partial charge in [-0.1, -0.05) is 79.4 Å². The van der Waals surface area contributed by atoms with Crippen LogP contribution in [-0.4, -0.2) is 0 Å². The summed E-state index contributed by atoms with van der Waals surface area (Å²) in [5.74, 6) is 0. The zero-order valence-corrected chi connectivity index (χ0v) is 12.9. The van der Waals surface area contributed by atoms with E-state index in [1.165, 1.54) is 48.8 Å². The normalized spacial score (nSPS) is 17.6. The summed E-state index contributed by atoms with van der Waals surface area (Å²) >= 11 is 0. The molecule has 1 fully saturated rings. The van der Waals surface area contributed by atoms with Gasteiger partial charge >= 0.3 is 0 Å². The van der Waals surface area contributed by atoms with E-state index >= 15 is 0 Å². The van der Waals surface area contributed by atoms with Gasteiger partial charge in [-0.3, -0.25) is 0 Å². The van der Waals surface area contributed by atoms with Gasteiger partial charge in [-0.25, -0.2) is 0 Å². The zero-order chi connectivity index (χ0) is 14.5. The highest BCUT2D eigenvalue weighted by Gasteiger charge is 2.33. The lowest BCUT2D eigenvalue weighted by molar-refractivity contribution is 0.231. The number of benzene rings is 2. The molecule has 0 heterocycles. The van der Waals surface area contributed by atoms with Crippen molar-refractivity contribution in [2.75, 3.05) is 0 Å². The second kappa shape index (κ2) is 6.44. The average Bonchev–Trinajstić information content (AvgIpc) is 2.55. The van der Waals surface area contributed by atoms with Crippen molar-refractivity contribution in [3.8, 4) is 0 Å². The standard InChI is InChI=1S/C20H25N/c1-17-9-8-12-19(15-17)20(13-6-3-7-14-20)21-16-18-10-4-2-5-11-18/h2,4-5,8-12,15,21H,3,6-7,13-14,16H2,1H3. The van der Waals surface area contributed by atoms with E-state index in [0.717, 1.165) is 6.54 Å². The monoisotopic (exact) mass is 279 g/mol. The molecule has 1 aliphatic carbocycles. The number of rotatable bonds is 4. The van der Waals surface area contributed by atoms with Crippen molar-refractivity contribution in [2.24, 2.45) is 0 Å². The molecule has 1 N–H and O–H groups in total. The number of aryl methyl sites for hydroxylation is 1. The molecule has 21 heavy (non-hydrogen) atoms. The van der Waals surface area contributed by atoms with Crippen molar-refractivity contribution in [1.29, 1.82) is 0 Å². The Hall–Kier alpha value is -1.60. The summed E-state index contributed by atoms with van der Waals surface area (Å²) in [4.78, 5) is 0. The molecule has 0 radical (unpaired) electrons. The summed E-state index contributed by atoms with van der Waals surface area (Å²) in [6.07, 6.45) is 6.54. The van der Waals surface area contributed by atoms with Crippen LogP contribution < -0.4 is 5.32 Å². The minimum Gasteiger partial charge on any atom is -0.303 e. The van der Waals surface area contributed by atoms with E-state index in [2.05, 4.69) is 66.8 Å². The summed E-state index contributed by atoms with van der Waals surface area (Å²) in [6.45, 7) is 3.14. The van der Waals surface area contributed by atoms with Crippen LogP contribution >= 0.6 is 0 Å². The van der Waals surface area contributed by atoms with Crippen LogP contribution in [0.2, 0.25) is 0 Å². The van der Waals surface area contributed by atoms with Gasteiger partial charge < -0.3 is 5.32 Å². The topological polar surface area (TPSA) is 12.0 Å². The van der Waals surface area contributed by atoms with Crippen LogP contribution in [0.25, 0.3) is 0 Å². The molecule has 0 atom stereocenters. The van der Waals surface area contributed by atoms with Gasteiger partial charge in [0.2, 0.25) is 0 Å². The van der Waals surface area contributed by atoms with Gasteiger partial charge in [0, 0.05) is 12.1 Å². The Balaban J connectivity index is 1.83. The smallest absolute Gasteiger partial charge is 0.0437 e. The highest BCUT2D eigenvalue weighted by atomic mass is 15.0. The molecular weight excluding hydrogens is 254 g/mol.